The van der Waals surface area contributed by atoms with Crippen molar-refractivity contribution in [3.05, 3.63) is 40.9 Å². The average molecular weight is 317 g/mol. The van der Waals surface area contributed by atoms with Gasteiger partial charge in [-0.3, -0.25) is 9.09 Å². The Balaban J connectivity index is 1.70. The van der Waals surface area contributed by atoms with Gasteiger partial charge >= 0.3 is 5.76 Å². The van der Waals surface area contributed by atoms with Crippen LogP contribution in [0.5, 0.6) is 0 Å². The largest absolute Gasteiger partial charge is 0.441 e. The third-order valence-corrected chi connectivity index (χ3v) is 4.32. The minimum absolute atomic E-state index is 0.192. The van der Waals surface area contributed by atoms with E-state index in [-0.39, 0.29) is 6.54 Å². The van der Waals surface area contributed by atoms with E-state index < -0.39 is 11.9 Å². The highest BCUT2D eigenvalue weighted by atomic mass is 16.5. The number of piperidine rings is 1. The summed E-state index contributed by atoms with van der Waals surface area (Å²) in [5.41, 5.74) is 0.803. The van der Waals surface area contributed by atoms with Gasteiger partial charge in [-0.15, -0.1) is 0 Å². The summed E-state index contributed by atoms with van der Waals surface area (Å²) < 4.78 is 6.20. The van der Waals surface area contributed by atoms with E-state index in [2.05, 4.69) is 17.0 Å². The van der Waals surface area contributed by atoms with E-state index >= 15 is 0 Å². The van der Waals surface area contributed by atoms with Crippen LogP contribution in [0.25, 0.3) is 11.4 Å². The van der Waals surface area contributed by atoms with Crippen LogP contribution >= 0.6 is 0 Å². The van der Waals surface area contributed by atoms with E-state index in [1.165, 1.54) is 11.0 Å². The molecule has 0 amide bonds. The molecule has 2 heterocycles. The monoisotopic (exact) mass is 317 g/mol. The molecular formula is C17H23N3O3. The molecule has 0 bridgehead atoms. The lowest BCUT2D eigenvalue weighted by Gasteiger charge is -2.32. The fraction of sp³-hybridized carbons (Fsp3) is 0.529. The fourth-order valence-corrected chi connectivity index (χ4v) is 3.24. The molecule has 0 spiro atoms. The lowest BCUT2D eigenvalue weighted by Crippen LogP contribution is -2.41. The standard InChI is InChI=1S/C17H23N3O3/c1-13-6-5-9-19(10-13)11-15(21)12-20-16(18-23-17(20)22)14-7-3-2-4-8-14/h2-4,7-8,13,15,21H,5-6,9-12H2,1H3/t13-,15+/m1/s1. The Kier molecular flexibility index (Phi) is 4.93. The predicted octanol–water partition coefficient (Wildman–Crippen LogP) is 1.60. The van der Waals surface area contributed by atoms with E-state index in [4.69, 9.17) is 4.52 Å². The molecule has 6 heteroatoms. The first-order valence-electron chi connectivity index (χ1n) is 8.16. The van der Waals surface area contributed by atoms with Crippen molar-refractivity contribution in [2.75, 3.05) is 19.6 Å². The van der Waals surface area contributed by atoms with Crippen LogP contribution in [0.3, 0.4) is 0 Å². The fourth-order valence-electron chi connectivity index (χ4n) is 3.24. The molecule has 2 atom stereocenters. The van der Waals surface area contributed by atoms with Crippen molar-refractivity contribution < 1.29 is 9.63 Å². The molecule has 0 unspecified atom stereocenters. The Morgan fingerprint density at radius 1 is 1.35 bits per heavy atom. The zero-order valence-electron chi connectivity index (χ0n) is 13.4. The summed E-state index contributed by atoms with van der Waals surface area (Å²) in [7, 11) is 0. The van der Waals surface area contributed by atoms with Gasteiger partial charge in [0, 0.05) is 18.7 Å². The summed E-state index contributed by atoms with van der Waals surface area (Å²) in [5.74, 6) is 0.589. The van der Waals surface area contributed by atoms with Crippen LogP contribution in [-0.4, -0.2) is 45.5 Å². The Bertz CT molecular complexity index is 680. The highest BCUT2D eigenvalue weighted by Crippen LogP contribution is 2.17. The van der Waals surface area contributed by atoms with Crippen molar-refractivity contribution in [1.29, 1.82) is 0 Å². The second kappa shape index (κ2) is 7.10. The van der Waals surface area contributed by atoms with Crippen LogP contribution in [0.4, 0.5) is 0 Å². The number of aliphatic hydroxyl groups excluding tert-OH is 1. The topological polar surface area (TPSA) is 71.5 Å². The maximum atomic E-state index is 11.9. The second-order valence-electron chi connectivity index (χ2n) is 6.41. The van der Waals surface area contributed by atoms with Gasteiger partial charge in [0.25, 0.3) is 0 Å². The van der Waals surface area contributed by atoms with Gasteiger partial charge in [0.05, 0.1) is 12.6 Å². The summed E-state index contributed by atoms with van der Waals surface area (Å²) in [6.07, 6.45) is 1.78. The van der Waals surface area contributed by atoms with Gasteiger partial charge in [-0.25, -0.2) is 4.79 Å². The molecule has 0 aliphatic carbocycles. The molecule has 1 aromatic carbocycles. The van der Waals surface area contributed by atoms with Crippen LogP contribution in [0.2, 0.25) is 0 Å². The second-order valence-corrected chi connectivity index (χ2v) is 6.41. The number of aromatic nitrogens is 2. The molecule has 1 N–H and O–H groups in total. The Morgan fingerprint density at radius 2 is 2.13 bits per heavy atom. The molecule has 0 radical (unpaired) electrons. The number of hydrogen-bond acceptors (Lipinski definition) is 5. The van der Waals surface area contributed by atoms with Crippen LogP contribution < -0.4 is 5.76 Å². The zero-order valence-corrected chi connectivity index (χ0v) is 13.4. The maximum absolute atomic E-state index is 11.9. The molecule has 0 saturated carbocycles. The van der Waals surface area contributed by atoms with Gasteiger partial charge in [-0.2, -0.15) is 0 Å². The minimum Gasteiger partial charge on any atom is -0.390 e. The SMILES string of the molecule is C[C@@H]1CCCN(C[C@H](O)Cn2c(-c3ccccc3)noc2=O)C1. The lowest BCUT2D eigenvalue weighted by atomic mass is 10.00. The van der Waals surface area contributed by atoms with Crippen molar-refractivity contribution in [1.82, 2.24) is 14.6 Å². The predicted molar refractivity (Wildman–Crippen MR) is 87.0 cm³/mol. The molecule has 1 aliphatic rings. The van der Waals surface area contributed by atoms with E-state index in [0.717, 1.165) is 25.1 Å². The number of benzene rings is 1. The highest BCUT2D eigenvalue weighted by molar-refractivity contribution is 5.54. The number of likely N-dealkylation sites (tertiary alicyclic amines) is 1. The van der Waals surface area contributed by atoms with Crippen LogP contribution in [0, 0.1) is 5.92 Å². The number of rotatable bonds is 5. The van der Waals surface area contributed by atoms with E-state index in [1.54, 1.807) is 0 Å². The summed E-state index contributed by atoms with van der Waals surface area (Å²) in [5, 5.41) is 14.2. The summed E-state index contributed by atoms with van der Waals surface area (Å²) in [6.45, 7) is 5.00. The molecule has 1 aromatic heterocycles. The van der Waals surface area contributed by atoms with Crippen LogP contribution in [-0.2, 0) is 6.54 Å². The summed E-state index contributed by atoms with van der Waals surface area (Å²) in [6, 6.07) is 9.39. The molecular weight excluding hydrogens is 294 g/mol. The quantitative estimate of drug-likeness (QED) is 0.907. The number of hydrogen-bond donors (Lipinski definition) is 1. The molecule has 2 aromatic rings. The van der Waals surface area contributed by atoms with Gasteiger partial charge in [-0.1, -0.05) is 42.4 Å². The third kappa shape index (κ3) is 3.89. The Morgan fingerprint density at radius 3 is 2.87 bits per heavy atom. The van der Waals surface area contributed by atoms with Gasteiger partial charge < -0.3 is 10.0 Å². The smallest absolute Gasteiger partial charge is 0.390 e. The molecule has 1 fully saturated rings. The van der Waals surface area contributed by atoms with Gasteiger partial charge in [0.15, 0.2) is 5.82 Å². The first kappa shape index (κ1) is 16.0. The Hall–Kier alpha value is -1.92. The number of aliphatic hydroxyl groups is 1. The number of β-amino-alcohol motifs (C(OH)–C–C–N with tert-alkyl or cyclic N) is 1. The van der Waals surface area contributed by atoms with E-state index in [0.29, 0.717) is 18.3 Å². The molecule has 1 aliphatic heterocycles. The van der Waals surface area contributed by atoms with Gasteiger partial charge in [0.2, 0.25) is 0 Å². The Labute approximate surface area is 135 Å². The van der Waals surface area contributed by atoms with Crippen molar-refractivity contribution >= 4 is 0 Å². The van der Waals surface area contributed by atoms with Crippen molar-refractivity contribution in [3.63, 3.8) is 0 Å². The van der Waals surface area contributed by atoms with Crippen molar-refractivity contribution in [3.8, 4) is 11.4 Å². The van der Waals surface area contributed by atoms with Gasteiger partial charge in [0.1, 0.15) is 0 Å². The van der Waals surface area contributed by atoms with Crippen molar-refractivity contribution in [2.45, 2.75) is 32.4 Å². The van der Waals surface area contributed by atoms with Gasteiger partial charge in [-0.05, 0) is 25.3 Å². The normalized spacial score (nSPS) is 20.5. The number of nitrogens with zero attached hydrogens (tertiary/aromatic N) is 3. The van der Waals surface area contributed by atoms with Crippen molar-refractivity contribution in [2.24, 2.45) is 5.92 Å². The summed E-state index contributed by atoms with van der Waals surface area (Å²) in [4.78, 5) is 14.2. The molecule has 1 saturated heterocycles. The molecule has 6 nitrogen and oxygen atoms in total. The van der Waals surface area contributed by atoms with E-state index in [9.17, 15) is 9.90 Å². The minimum atomic E-state index is -0.625. The van der Waals surface area contributed by atoms with Crippen LogP contribution in [0.15, 0.2) is 39.6 Å². The molecule has 124 valence electrons. The average Bonchev–Trinajstić information content (AvgIpc) is 2.89. The first-order chi connectivity index (χ1) is 11.1. The third-order valence-electron chi connectivity index (χ3n) is 4.32. The zero-order chi connectivity index (χ0) is 16.2. The lowest BCUT2D eigenvalue weighted by molar-refractivity contribution is 0.0756. The van der Waals surface area contributed by atoms with Crippen LogP contribution in [0.1, 0.15) is 19.8 Å². The highest BCUT2D eigenvalue weighted by Gasteiger charge is 2.21. The first-order valence-corrected chi connectivity index (χ1v) is 8.16. The maximum Gasteiger partial charge on any atom is 0.441 e. The molecule has 23 heavy (non-hydrogen) atoms. The summed E-state index contributed by atoms with van der Waals surface area (Å²) >= 11 is 0. The molecule has 3 rings (SSSR count). The van der Waals surface area contributed by atoms with E-state index in [1.807, 2.05) is 30.3 Å².